The standard InChI is InChI=1S/C11H22N2O3/c1-4-11(12,5-2)10(15)13-8-6-7-9(14)16-3/h4-8,12H2,1-3H3,(H,13,15). The number of carbonyl (C=O) groups excluding carboxylic acids is 2. The number of ether oxygens (including phenoxy) is 1. The largest absolute Gasteiger partial charge is 0.469 e. The number of nitrogens with one attached hydrogen (secondary N) is 1. The molecule has 0 rings (SSSR count). The fourth-order valence-corrected chi connectivity index (χ4v) is 1.28. The number of esters is 1. The molecular formula is C11H22N2O3. The van der Waals surface area contributed by atoms with Crippen LogP contribution in [0.2, 0.25) is 0 Å². The van der Waals surface area contributed by atoms with Gasteiger partial charge in [-0.2, -0.15) is 0 Å². The molecule has 0 unspecified atom stereocenters. The molecule has 16 heavy (non-hydrogen) atoms. The predicted molar refractivity (Wildman–Crippen MR) is 61.8 cm³/mol. The summed E-state index contributed by atoms with van der Waals surface area (Å²) in [6.45, 7) is 4.22. The molecule has 0 aliphatic rings. The van der Waals surface area contributed by atoms with Gasteiger partial charge in [0.2, 0.25) is 5.91 Å². The maximum Gasteiger partial charge on any atom is 0.305 e. The van der Waals surface area contributed by atoms with Crippen LogP contribution >= 0.6 is 0 Å². The molecule has 0 fully saturated rings. The van der Waals surface area contributed by atoms with E-state index in [1.807, 2.05) is 13.8 Å². The maximum atomic E-state index is 11.7. The van der Waals surface area contributed by atoms with Crippen molar-refractivity contribution in [1.29, 1.82) is 0 Å². The zero-order chi connectivity index (χ0) is 12.6. The molecule has 3 N–H and O–H groups in total. The molecule has 0 aliphatic carbocycles. The third-order valence-corrected chi connectivity index (χ3v) is 2.78. The highest BCUT2D eigenvalue weighted by molar-refractivity contribution is 5.85. The molecule has 0 aliphatic heterocycles. The first-order chi connectivity index (χ1) is 7.50. The van der Waals surface area contributed by atoms with E-state index in [9.17, 15) is 9.59 Å². The number of nitrogens with two attached hydrogens (primary N) is 1. The molecule has 0 saturated heterocycles. The van der Waals surface area contributed by atoms with Crippen LogP contribution in [-0.4, -0.2) is 31.1 Å². The van der Waals surface area contributed by atoms with Gasteiger partial charge in [0.15, 0.2) is 0 Å². The van der Waals surface area contributed by atoms with Crippen molar-refractivity contribution in [2.24, 2.45) is 5.73 Å². The second-order valence-corrected chi connectivity index (χ2v) is 3.80. The van der Waals surface area contributed by atoms with Crippen LogP contribution in [0.1, 0.15) is 39.5 Å². The Hall–Kier alpha value is -1.10. The van der Waals surface area contributed by atoms with Crippen molar-refractivity contribution in [3.05, 3.63) is 0 Å². The Bertz CT molecular complexity index is 237. The Morgan fingerprint density at radius 1 is 1.31 bits per heavy atom. The summed E-state index contributed by atoms with van der Waals surface area (Å²) in [6, 6.07) is 0. The number of carbonyl (C=O) groups is 2. The first-order valence-corrected chi connectivity index (χ1v) is 5.64. The Morgan fingerprint density at radius 2 is 1.88 bits per heavy atom. The monoisotopic (exact) mass is 230 g/mol. The fraction of sp³-hybridized carbons (Fsp3) is 0.818. The Labute approximate surface area is 96.7 Å². The summed E-state index contributed by atoms with van der Waals surface area (Å²) in [5.74, 6) is -0.415. The molecule has 0 bridgehead atoms. The summed E-state index contributed by atoms with van der Waals surface area (Å²) < 4.78 is 4.49. The van der Waals surface area contributed by atoms with Crippen LogP contribution in [0, 0.1) is 0 Å². The van der Waals surface area contributed by atoms with E-state index in [1.54, 1.807) is 0 Å². The van der Waals surface area contributed by atoms with Crippen LogP contribution in [-0.2, 0) is 14.3 Å². The van der Waals surface area contributed by atoms with Crippen LogP contribution in [0.3, 0.4) is 0 Å². The van der Waals surface area contributed by atoms with E-state index in [0.29, 0.717) is 32.2 Å². The number of methoxy groups -OCH3 is 1. The van der Waals surface area contributed by atoms with Gasteiger partial charge in [-0.25, -0.2) is 0 Å². The minimum absolute atomic E-state index is 0.151. The Kier molecular flexibility index (Phi) is 6.72. The lowest BCUT2D eigenvalue weighted by molar-refractivity contribution is -0.140. The topological polar surface area (TPSA) is 81.4 Å². The average molecular weight is 230 g/mol. The molecule has 0 aromatic carbocycles. The van der Waals surface area contributed by atoms with E-state index < -0.39 is 5.54 Å². The van der Waals surface area contributed by atoms with Gasteiger partial charge in [0.25, 0.3) is 0 Å². The van der Waals surface area contributed by atoms with E-state index in [0.717, 1.165) is 0 Å². The average Bonchev–Trinajstić information content (AvgIpc) is 2.32. The SMILES string of the molecule is CCC(N)(CC)C(=O)NCCCC(=O)OC. The Morgan fingerprint density at radius 3 is 2.31 bits per heavy atom. The van der Waals surface area contributed by atoms with Crippen molar-refractivity contribution < 1.29 is 14.3 Å². The first-order valence-electron chi connectivity index (χ1n) is 5.64. The van der Waals surface area contributed by atoms with E-state index >= 15 is 0 Å². The summed E-state index contributed by atoms with van der Waals surface area (Å²) in [7, 11) is 1.35. The summed E-state index contributed by atoms with van der Waals surface area (Å²) in [4.78, 5) is 22.5. The first kappa shape index (κ1) is 14.9. The molecule has 1 amide bonds. The summed E-state index contributed by atoms with van der Waals surface area (Å²) >= 11 is 0. The highest BCUT2D eigenvalue weighted by Crippen LogP contribution is 2.10. The van der Waals surface area contributed by atoms with Gasteiger partial charge in [0, 0.05) is 13.0 Å². The Balaban J connectivity index is 3.85. The number of amides is 1. The quantitative estimate of drug-likeness (QED) is 0.495. The minimum atomic E-state index is -0.786. The van der Waals surface area contributed by atoms with Crippen molar-refractivity contribution >= 4 is 11.9 Å². The lowest BCUT2D eigenvalue weighted by Crippen LogP contribution is -2.53. The van der Waals surface area contributed by atoms with Gasteiger partial charge in [0.1, 0.15) is 0 Å². The van der Waals surface area contributed by atoms with E-state index in [4.69, 9.17) is 5.73 Å². The van der Waals surface area contributed by atoms with Crippen molar-refractivity contribution in [2.75, 3.05) is 13.7 Å². The second kappa shape index (κ2) is 7.22. The molecule has 0 atom stereocenters. The smallest absolute Gasteiger partial charge is 0.305 e. The zero-order valence-corrected chi connectivity index (χ0v) is 10.3. The maximum absolute atomic E-state index is 11.7. The van der Waals surface area contributed by atoms with Gasteiger partial charge in [-0.3, -0.25) is 9.59 Å². The van der Waals surface area contributed by atoms with Crippen molar-refractivity contribution in [2.45, 2.75) is 45.1 Å². The van der Waals surface area contributed by atoms with Crippen LogP contribution in [0.5, 0.6) is 0 Å². The number of hydrogen-bond donors (Lipinski definition) is 2. The minimum Gasteiger partial charge on any atom is -0.469 e. The number of rotatable bonds is 7. The van der Waals surface area contributed by atoms with Crippen molar-refractivity contribution in [3.63, 3.8) is 0 Å². The predicted octanol–water partition coefficient (Wildman–Crippen LogP) is 0.573. The molecule has 0 saturated carbocycles. The van der Waals surface area contributed by atoms with Crippen molar-refractivity contribution in [3.8, 4) is 0 Å². The summed E-state index contributed by atoms with van der Waals surface area (Å²) in [6.07, 6.45) is 2.09. The van der Waals surface area contributed by atoms with E-state index in [1.165, 1.54) is 7.11 Å². The lowest BCUT2D eigenvalue weighted by Gasteiger charge is -2.25. The van der Waals surface area contributed by atoms with Gasteiger partial charge in [0.05, 0.1) is 12.6 Å². The van der Waals surface area contributed by atoms with Gasteiger partial charge in [-0.1, -0.05) is 13.8 Å². The summed E-state index contributed by atoms with van der Waals surface area (Å²) in [5, 5.41) is 2.73. The van der Waals surface area contributed by atoms with Crippen LogP contribution < -0.4 is 11.1 Å². The highest BCUT2D eigenvalue weighted by atomic mass is 16.5. The molecule has 0 aromatic heterocycles. The molecule has 0 radical (unpaired) electrons. The molecule has 5 heteroatoms. The molecule has 0 aromatic rings. The van der Waals surface area contributed by atoms with Crippen LogP contribution in [0.15, 0.2) is 0 Å². The fourth-order valence-electron chi connectivity index (χ4n) is 1.28. The molecule has 5 nitrogen and oxygen atoms in total. The van der Waals surface area contributed by atoms with Gasteiger partial charge in [-0.15, -0.1) is 0 Å². The van der Waals surface area contributed by atoms with Crippen LogP contribution in [0.4, 0.5) is 0 Å². The van der Waals surface area contributed by atoms with Gasteiger partial charge < -0.3 is 15.8 Å². The second-order valence-electron chi connectivity index (χ2n) is 3.80. The molecular weight excluding hydrogens is 208 g/mol. The van der Waals surface area contributed by atoms with E-state index in [2.05, 4.69) is 10.1 Å². The third kappa shape index (κ3) is 4.61. The normalized spacial score (nSPS) is 11.0. The van der Waals surface area contributed by atoms with Crippen molar-refractivity contribution in [1.82, 2.24) is 5.32 Å². The highest BCUT2D eigenvalue weighted by Gasteiger charge is 2.29. The van der Waals surface area contributed by atoms with Gasteiger partial charge in [-0.05, 0) is 19.3 Å². The van der Waals surface area contributed by atoms with Crippen LogP contribution in [0.25, 0.3) is 0 Å². The molecule has 94 valence electrons. The molecule has 0 heterocycles. The van der Waals surface area contributed by atoms with Gasteiger partial charge >= 0.3 is 5.97 Å². The van der Waals surface area contributed by atoms with E-state index in [-0.39, 0.29) is 11.9 Å². The third-order valence-electron chi connectivity index (χ3n) is 2.78. The zero-order valence-electron chi connectivity index (χ0n) is 10.3. The lowest BCUT2D eigenvalue weighted by atomic mass is 9.93. The molecule has 0 spiro atoms. The summed E-state index contributed by atoms with van der Waals surface area (Å²) in [5.41, 5.74) is 5.12. The number of hydrogen-bond acceptors (Lipinski definition) is 4.